The summed E-state index contributed by atoms with van der Waals surface area (Å²) in [4.78, 5) is 0. The molecule has 0 spiro atoms. The molecule has 0 aliphatic heterocycles. The molecule has 0 unspecified atom stereocenters. The number of benzene rings is 1. The average molecular weight is 266 g/mol. The third-order valence-corrected chi connectivity index (χ3v) is 2.75. The second-order valence-corrected chi connectivity index (χ2v) is 4.74. The lowest BCUT2D eigenvalue weighted by Crippen LogP contribution is -2.15. The zero-order valence-corrected chi connectivity index (χ0v) is 11.3. The molecule has 0 aliphatic rings. The molecule has 0 saturated heterocycles. The summed E-state index contributed by atoms with van der Waals surface area (Å²) < 4.78 is 13.8. The number of hydrogen-bond acceptors (Lipinski definition) is 1. The molecule has 1 atom stereocenters. The molecule has 1 rings (SSSR count). The molecule has 0 amide bonds. The van der Waals surface area contributed by atoms with Gasteiger partial charge in [0.25, 0.3) is 0 Å². The molecule has 0 heterocycles. The van der Waals surface area contributed by atoms with Crippen LogP contribution in [0.4, 0.5) is 4.39 Å². The Balaban J connectivity index is 0.00000225. The molecule has 1 aromatic carbocycles. The van der Waals surface area contributed by atoms with Crippen LogP contribution in [0.3, 0.4) is 0 Å². The van der Waals surface area contributed by atoms with Crippen molar-refractivity contribution in [1.82, 2.24) is 0 Å². The van der Waals surface area contributed by atoms with E-state index in [-0.39, 0.29) is 24.3 Å². The first-order chi connectivity index (χ1) is 6.93. The van der Waals surface area contributed by atoms with Crippen molar-refractivity contribution in [2.24, 2.45) is 11.7 Å². The van der Waals surface area contributed by atoms with E-state index in [0.29, 0.717) is 22.1 Å². The minimum Gasteiger partial charge on any atom is -0.324 e. The fourth-order valence-corrected chi connectivity index (χ4v) is 1.93. The minimum atomic E-state index is -0.322. The van der Waals surface area contributed by atoms with E-state index in [4.69, 9.17) is 17.3 Å². The standard InChI is InChI=1S/C12H17ClFN.ClH/c1-7(2)6-10(15)11-9(13)5-4-8(3)12(11)14;/h4-5,7,10H,6,15H2,1-3H3;1H/t10-;/m1./s1. The van der Waals surface area contributed by atoms with Crippen LogP contribution in [0.15, 0.2) is 12.1 Å². The summed E-state index contributed by atoms with van der Waals surface area (Å²) in [7, 11) is 0. The molecular formula is C12H18Cl2FN. The second kappa shape index (κ2) is 6.43. The van der Waals surface area contributed by atoms with E-state index in [1.165, 1.54) is 0 Å². The largest absolute Gasteiger partial charge is 0.324 e. The molecule has 4 heteroatoms. The fraction of sp³-hybridized carbons (Fsp3) is 0.500. The third-order valence-electron chi connectivity index (χ3n) is 2.42. The Morgan fingerprint density at radius 2 is 1.94 bits per heavy atom. The van der Waals surface area contributed by atoms with Gasteiger partial charge in [0.15, 0.2) is 0 Å². The molecular weight excluding hydrogens is 248 g/mol. The maximum Gasteiger partial charge on any atom is 0.132 e. The van der Waals surface area contributed by atoms with Crippen molar-refractivity contribution in [3.05, 3.63) is 34.1 Å². The van der Waals surface area contributed by atoms with Gasteiger partial charge in [-0.05, 0) is 30.9 Å². The highest BCUT2D eigenvalue weighted by molar-refractivity contribution is 6.31. The molecule has 1 nitrogen and oxygen atoms in total. The Hall–Kier alpha value is -0.310. The molecule has 1 aromatic rings. The number of rotatable bonds is 3. The van der Waals surface area contributed by atoms with Crippen LogP contribution >= 0.6 is 24.0 Å². The van der Waals surface area contributed by atoms with Crippen molar-refractivity contribution >= 4 is 24.0 Å². The van der Waals surface area contributed by atoms with Gasteiger partial charge in [0, 0.05) is 16.6 Å². The van der Waals surface area contributed by atoms with Crippen LogP contribution in [-0.4, -0.2) is 0 Å². The number of hydrogen-bond donors (Lipinski definition) is 1. The van der Waals surface area contributed by atoms with E-state index in [9.17, 15) is 4.39 Å². The zero-order chi connectivity index (χ0) is 11.6. The van der Waals surface area contributed by atoms with Crippen molar-refractivity contribution in [2.45, 2.75) is 33.2 Å². The number of aryl methyl sites for hydroxylation is 1. The first-order valence-electron chi connectivity index (χ1n) is 5.13. The quantitative estimate of drug-likeness (QED) is 0.869. The molecule has 92 valence electrons. The van der Waals surface area contributed by atoms with Crippen molar-refractivity contribution in [3.63, 3.8) is 0 Å². The lowest BCUT2D eigenvalue weighted by Gasteiger charge is -2.17. The maximum atomic E-state index is 13.8. The van der Waals surface area contributed by atoms with E-state index in [2.05, 4.69) is 13.8 Å². The Morgan fingerprint density at radius 3 is 2.44 bits per heavy atom. The van der Waals surface area contributed by atoms with E-state index in [1.807, 2.05) is 0 Å². The normalized spacial score (nSPS) is 12.4. The smallest absolute Gasteiger partial charge is 0.132 e. The summed E-state index contributed by atoms with van der Waals surface area (Å²) in [5.41, 5.74) is 6.98. The van der Waals surface area contributed by atoms with E-state index < -0.39 is 0 Å². The second-order valence-electron chi connectivity index (χ2n) is 4.33. The van der Waals surface area contributed by atoms with Crippen LogP contribution in [-0.2, 0) is 0 Å². The summed E-state index contributed by atoms with van der Waals surface area (Å²) >= 11 is 5.96. The molecule has 0 bridgehead atoms. The SMILES string of the molecule is Cc1ccc(Cl)c([C@H](N)CC(C)C)c1F.Cl. The van der Waals surface area contributed by atoms with Crippen LogP contribution < -0.4 is 5.73 Å². The fourth-order valence-electron chi connectivity index (χ4n) is 1.64. The Morgan fingerprint density at radius 1 is 1.38 bits per heavy atom. The highest BCUT2D eigenvalue weighted by atomic mass is 35.5. The number of nitrogens with two attached hydrogens (primary N) is 1. The predicted octanol–water partition coefficient (Wildman–Crippen LogP) is 4.26. The average Bonchev–Trinajstić information content (AvgIpc) is 2.11. The summed E-state index contributed by atoms with van der Waals surface area (Å²) in [6, 6.07) is 3.05. The summed E-state index contributed by atoms with van der Waals surface area (Å²) in [5.74, 6) is 0.159. The highest BCUT2D eigenvalue weighted by Crippen LogP contribution is 2.29. The van der Waals surface area contributed by atoms with Gasteiger partial charge in [-0.1, -0.05) is 31.5 Å². The Bertz CT molecular complexity index is 353. The van der Waals surface area contributed by atoms with Crippen LogP contribution in [0.25, 0.3) is 0 Å². The third kappa shape index (κ3) is 3.62. The molecule has 2 N–H and O–H groups in total. The summed E-state index contributed by atoms with van der Waals surface area (Å²) in [6.07, 6.45) is 0.736. The van der Waals surface area contributed by atoms with Gasteiger partial charge in [-0.25, -0.2) is 4.39 Å². The number of halogens is 3. The Kier molecular flexibility index (Phi) is 6.31. The molecule has 16 heavy (non-hydrogen) atoms. The molecule has 0 fully saturated rings. The molecule has 0 aliphatic carbocycles. The first kappa shape index (κ1) is 15.7. The van der Waals surface area contributed by atoms with Gasteiger partial charge in [0.2, 0.25) is 0 Å². The predicted molar refractivity (Wildman–Crippen MR) is 69.8 cm³/mol. The van der Waals surface area contributed by atoms with Crippen molar-refractivity contribution in [1.29, 1.82) is 0 Å². The van der Waals surface area contributed by atoms with Gasteiger partial charge in [-0.3, -0.25) is 0 Å². The van der Waals surface area contributed by atoms with E-state index in [1.54, 1.807) is 19.1 Å². The van der Waals surface area contributed by atoms with Gasteiger partial charge in [0.05, 0.1) is 0 Å². The van der Waals surface area contributed by atoms with Crippen LogP contribution in [0.1, 0.15) is 37.4 Å². The highest BCUT2D eigenvalue weighted by Gasteiger charge is 2.17. The molecule has 0 radical (unpaired) electrons. The van der Waals surface area contributed by atoms with Crippen LogP contribution in [0, 0.1) is 18.7 Å². The lowest BCUT2D eigenvalue weighted by atomic mass is 9.96. The first-order valence-corrected chi connectivity index (χ1v) is 5.51. The topological polar surface area (TPSA) is 26.0 Å². The van der Waals surface area contributed by atoms with Gasteiger partial charge in [-0.2, -0.15) is 0 Å². The van der Waals surface area contributed by atoms with Crippen molar-refractivity contribution < 1.29 is 4.39 Å². The minimum absolute atomic E-state index is 0. The maximum absolute atomic E-state index is 13.8. The van der Waals surface area contributed by atoms with Crippen LogP contribution in [0.5, 0.6) is 0 Å². The summed E-state index contributed by atoms with van der Waals surface area (Å²) in [5, 5.41) is 0.422. The summed E-state index contributed by atoms with van der Waals surface area (Å²) in [6.45, 7) is 5.83. The van der Waals surface area contributed by atoms with Gasteiger partial charge in [0.1, 0.15) is 5.82 Å². The van der Waals surface area contributed by atoms with Gasteiger partial charge < -0.3 is 5.73 Å². The monoisotopic (exact) mass is 265 g/mol. The van der Waals surface area contributed by atoms with E-state index in [0.717, 1.165) is 6.42 Å². The molecule has 0 saturated carbocycles. The lowest BCUT2D eigenvalue weighted by molar-refractivity contribution is 0.487. The van der Waals surface area contributed by atoms with Gasteiger partial charge >= 0.3 is 0 Å². The van der Waals surface area contributed by atoms with Crippen molar-refractivity contribution in [3.8, 4) is 0 Å². The molecule has 0 aromatic heterocycles. The Labute approximate surface area is 108 Å². The zero-order valence-electron chi connectivity index (χ0n) is 9.76. The van der Waals surface area contributed by atoms with Crippen LogP contribution in [0.2, 0.25) is 5.02 Å². The van der Waals surface area contributed by atoms with Gasteiger partial charge in [-0.15, -0.1) is 12.4 Å². The van der Waals surface area contributed by atoms with Crippen molar-refractivity contribution in [2.75, 3.05) is 0 Å². The van der Waals surface area contributed by atoms with E-state index >= 15 is 0 Å².